The third-order valence-electron chi connectivity index (χ3n) is 6.45. The molecule has 4 rings (SSSR count). The smallest absolute Gasteiger partial charge is 0.310 e. The normalized spacial score (nSPS) is 31.2. The maximum Gasteiger partial charge on any atom is 0.310 e. The fraction of sp³-hybridized carbons (Fsp3) is 0.478. The summed E-state index contributed by atoms with van der Waals surface area (Å²) < 4.78 is 16.8. The minimum Gasteiger partial charge on any atom is -0.493 e. The van der Waals surface area contributed by atoms with Gasteiger partial charge in [0.2, 0.25) is 5.91 Å². The van der Waals surface area contributed by atoms with E-state index in [-0.39, 0.29) is 11.9 Å². The number of carbonyl (C=O) groups is 2. The van der Waals surface area contributed by atoms with E-state index in [9.17, 15) is 14.7 Å². The van der Waals surface area contributed by atoms with E-state index in [0.29, 0.717) is 30.9 Å². The third-order valence-corrected chi connectivity index (χ3v) is 6.45. The molecule has 3 aliphatic heterocycles. The number of carbonyl (C=O) groups excluding carboxylic acids is 1. The van der Waals surface area contributed by atoms with Gasteiger partial charge in [-0.25, -0.2) is 0 Å². The Kier molecular flexibility index (Phi) is 5.10. The fourth-order valence-electron chi connectivity index (χ4n) is 5.15. The first-order chi connectivity index (χ1) is 14.3. The molecule has 0 aliphatic carbocycles. The highest BCUT2D eigenvalue weighted by molar-refractivity contribution is 5.91. The molecule has 0 aromatic heterocycles. The molecule has 1 spiro atoms. The molecule has 7 nitrogen and oxygen atoms in total. The number of nitrogens with zero attached hydrogens (tertiary/aromatic N) is 1. The van der Waals surface area contributed by atoms with Gasteiger partial charge in [-0.15, -0.1) is 6.58 Å². The first kappa shape index (κ1) is 20.5. The molecule has 1 aromatic carbocycles. The number of carboxylic acid groups (broad SMARTS) is 1. The average molecular weight is 413 g/mol. The number of ether oxygens (including phenoxy) is 3. The topological polar surface area (TPSA) is 85.3 Å². The summed E-state index contributed by atoms with van der Waals surface area (Å²) in [5.74, 6) is -1.40. The van der Waals surface area contributed by atoms with E-state index in [1.165, 1.54) is 0 Å². The van der Waals surface area contributed by atoms with Crippen LogP contribution in [0.1, 0.15) is 18.9 Å². The van der Waals surface area contributed by atoms with Crippen LogP contribution in [-0.4, -0.2) is 60.4 Å². The summed E-state index contributed by atoms with van der Waals surface area (Å²) in [6.07, 6.45) is 4.33. The zero-order valence-corrected chi connectivity index (χ0v) is 17.5. The van der Waals surface area contributed by atoms with Crippen molar-refractivity contribution in [3.8, 4) is 11.5 Å². The predicted octanol–water partition coefficient (Wildman–Crippen LogP) is 2.45. The van der Waals surface area contributed by atoms with E-state index >= 15 is 0 Å². The maximum atomic E-state index is 13.4. The summed E-state index contributed by atoms with van der Waals surface area (Å²) in [4.78, 5) is 27.1. The number of likely N-dealkylation sites (tertiary alicyclic amines) is 1. The van der Waals surface area contributed by atoms with Gasteiger partial charge in [-0.1, -0.05) is 23.8 Å². The highest BCUT2D eigenvalue weighted by atomic mass is 16.5. The molecule has 2 bridgehead atoms. The van der Waals surface area contributed by atoms with E-state index in [0.717, 1.165) is 11.1 Å². The molecular formula is C23H27NO6. The average Bonchev–Trinajstić information content (AvgIpc) is 3.35. The summed E-state index contributed by atoms with van der Waals surface area (Å²) in [5.41, 5.74) is 1.04. The van der Waals surface area contributed by atoms with E-state index in [2.05, 4.69) is 6.58 Å². The first-order valence-corrected chi connectivity index (χ1v) is 10.1. The molecule has 2 fully saturated rings. The van der Waals surface area contributed by atoms with Gasteiger partial charge in [0, 0.05) is 6.54 Å². The van der Waals surface area contributed by atoms with Crippen molar-refractivity contribution < 1.29 is 28.9 Å². The van der Waals surface area contributed by atoms with Gasteiger partial charge >= 0.3 is 5.97 Å². The molecule has 3 aliphatic rings. The quantitative estimate of drug-likeness (QED) is 0.659. The van der Waals surface area contributed by atoms with Crippen LogP contribution in [0.15, 0.2) is 42.5 Å². The molecule has 2 saturated heterocycles. The Labute approximate surface area is 175 Å². The molecule has 7 heteroatoms. The van der Waals surface area contributed by atoms with Crippen molar-refractivity contribution in [2.45, 2.75) is 37.5 Å². The van der Waals surface area contributed by atoms with Gasteiger partial charge in [0.1, 0.15) is 11.5 Å². The van der Waals surface area contributed by atoms with E-state index in [4.69, 9.17) is 14.2 Å². The number of fused-ring (bicyclic) bond motifs is 1. The first-order valence-electron chi connectivity index (χ1n) is 10.1. The number of amides is 1. The second-order valence-electron chi connectivity index (χ2n) is 8.28. The minimum absolute atomic E-state index is 0.152. The number of methoxy groups -OCH3 is 2. The molecule has 1 aromatic rings. The highest BCUT2D eigenvalue weighted by Gasteiger charge is 2.70. The lowest BCUT2D eigenvalue weighted by molar-refractivity contribution is -0.148. The lowest BCUT2D eigenvalue weighted by Crippen LogP contribution is -2.45. The van der Waals surface area contributed by atoms with Crippen molar-refractivity contribution in [2.24, 2.45) is 11.8 Å². The van der Waals surface area contributed by atoms with Crippen LogP contribution < -0.4 is 9.47 Å². The van der Waals surface area contributed by atoms with Crippen LogP contribution in [-0.2, 0) is 20.7 Å². The number of rotatable bonds is 8. The van der Waals surface area contributed by atoms with Crippen LogP contribution in [0.4, 0.5) is 0 Å². The van der Waals surface area contributed by atoms with Gasteiger partial charge in [0.25, 0.3) is 0 Å². The van der Waals surface area contributed by atoms with Crippen molar-refractivity contribution in [1.82, 2.24) is 4.90 Å². The number of benzene rings is 1. The van der Waals surface area contributed by atoms with Crippen LogP contribution in [0.25, 0.3) is 0 Å². The number of aliphatic carboxylic acids is 1. The Hall–Kier alpha value is -2.80. The predicted molar refractivity (Wildman–Crippen MR) is 110 cm³/mol. The summed E-state index contributed by atoms with van der Waals surface area (Å²) >= 11 is 0. The van der Waals surface area contributed by atoms with Crippen molar-refractivity contribution in [3.63, 3.8) is 0 Å². The molecule has 160 valence electrons. The molecule has 5 atom stereocenters. The van der Waals surface area contributed by atoms with Gasteiger partial charge < -0.3 is 24.2 Å². The fourth-order valence-corrected chi connectivity index (χ4v) is 5.15. The Morgan fingerprint density at radius 2 is 2.03 bits per heavy atom. The number of carboxylic acids is 1. The number of hydrogen-bond donors (Lipinski definition) is 1. The Morgan fingerprint density at radius 1 is 1.30 bits per heavy atom. The van der Waals surface area contributed by atoms with Crippen LogP contribution in [0, 0.1) is 11.8 Å². The lowest BCUT2D eigenvalue weighted by Gasteiger charge is -2.33. The Bertz CT molecular complexity index is 924. The minimum atomic E-state index is -0.986. The van der Waals surface area contributed by atoms with E-state index in [1.54, 1.807) is 25.2 Å². The van der Waals surface area contributed by atoms with Crippen LogP contribution >= 0.6 is 0 Å². The monoisotopic (exact) mass is 413 g/mol. The summed E-state index contributed by atoms with van der Waals surface area (Å²) in [5, 5.41) is 9.74. The molecular weight excluding hydrogens is 386 g/mol. The second kappa shape index (κ2) is 7.47. The van der Waals surface area contributed by atoms with Crippen LogP contribution in [0.3, 0.4) is 0 Å². The van der Waals surface area contributed by atoms with Crippen LogP contribution in [0.2, 0.25) is 0 Å². The van der Waals surface area contributed by atoms with Crippen LogP contribution in [0.5, 0.6) is 11.5 Å². The molecule has 3 heterocycles. The molecule has 0 unspecified atom stereocenters. The molecule has 0 radical (unpaired) electrons. The zero-order chi connectivity index (χ0) is 21.6. The van der Waals surface area contributed by atoms with Gasteiger partial charge in [0.15, 0.2) is 11.5 Å². The molecule has 1 N–H and O–H groups in total. The molecule has 1 amide bonds. The van der Waals surface area contributed by atoms with Crippen molar-refractivity contribution in [3.05, 3.63) is 48.1 Å². The third kappa shape index (κ3) is 2.99. The van der Waals surface area contributed by atoms with E-state index < -0.39 is 29.5 Å². The van der Waals surface area contributed by atoms with Gasteiger partial charge in [-0.05, 0) is 37.5 Å². The molecule has 0 saturated carbocycles. The summed E-state index contributed by atoms with van der Waals surface area (Å²) in [6, 6.07) is 5.41. The maximum absolute atomic E-state index is 13.4. The van der Waals surface area contributed by atoms with E-state index in [1.807, 2.05) is 31.2 Å². The van der Waals surface area contributed by atoms with Gasteiger partial charge in [-0.2, -0.15) is 0 Å². The Morgan fingerprint density at radius 3 is 2.67 bits per heavy atom. The van der Waals surface area contributed by atoms with Gasteiger partial charge in [-0.3, -0.25) is 9.59 Å². The van der Waals surface area contributed by atoms with Crippen molar-refractivity contribution >= 4 is 11.9 Å². The largest absolute Gasteiger partial charge is 0.493 e. The zero-order valence-electron chi connectivity index (χ0n) is 17.5. The van der Waals surface area contributed by atoms with Crippen molar-refractivity contribution in [1.29, 1.82) is 0 Å². The Balaban J connectivity index is 1.61. The SMILES string of the molecule is C=C(C)C[C@@H]1N(CCc2ccc(OC)c(OC)c2)C(=O)[C@@H]2[C@@H](C(=O)O)[C@H]3C=C[C@]21O3. The van der Waals surface area contributed by atoms with Gasteiger partial charge in [0.05, 0.1) is 32.3 Å². The molecule has 30 heavy (non-hydrogen) atoms. The summed E-state index contributed by atoms with van der Waals surface area (Å²) in [6.45, 7) is 6.40. The second-order valence-corrected chi connectivity index (χ2v) is 8.28. The number of hydrogen-bond acceptors (Lipinski definition) is 5. The lowest BCUT2D eigenvalue weighted by atomic mass is 9.74. The van der Waals surface area contributed by atoms with Crippen molar-refractivity contribution in [2.75, 3.05) is 20.8 Å². The summed E-state index contributed by atoms with van der Waals surface area (Å²) in [7, 11) is 3.17. The standard InChI is InChI=1S/C23H27NO6/c1-13(2)11-18-23-9-7-16(30-23)19(22(26)27)20(23)21(25)24(18)10-8-14-5-6-15(28-3)17(12-14)29-4/h5-7,9,12,16,18-20H,1,8,10-11H2,2-4H3,(H,26,27)/t16-,18+,19+,20+,23-/m1/s1. The highest BCUT2D eigenvalue weighted by Crippen LogP contribution is 2.56.